The summed E-state index contributed by atoms with van der Waals surface area (Å²) in [5, 5.41) is 3.57. The van der Waals surface area contributed by atoms with Crippen molar-refractivity contribution in [3.05, 3.63) is 66.5 Å². The van der Waals surface area contributed by atoms with E-state index in [1.54, 1.807) is 12.1 Å². The van der Waals surface area contributed by atoms with Gasteiger partial charge in [-0.05, 0) is 55.0 Å². The molecule has 0 unspecified atom stereocenters. The van der Waals surface area contributed by atoms with Gasteiger partial charge in [-0.3, -0.25) is 4.98 Å². The first-order valence-corrected chi connectivity index (χ1v) is 10.8. The van der Waals surface area contributed by atoms with Gasteiger partial charge in [0.15, 0.2) is 5.82 Å². The lowest BCUT2D eigenvalue weighted by molar-refractivity contribution is 0.122. The largest absolute Gasteiger partial charge is 0.378 e. The molecule has 1 aliphatic heterocycles. The molecule has 4 aromatic rings. The number of carbonyl (C=O) groups excluding carboxylic acids is 1. The lowest BCUT2D eigenvalue weighted by Crippen LogP contribution is -2.37. The molecule has 3 heterocycles. The predicted molar refractivity (Wildman–Crippen MR) is 129 cm³/mol. The molecule has 0 aliphatic carbocycles. The number of hydrogen-bond acceptors (Lipinski definition) is 6. The van der Waals surface area contributed by atoms with Gasteiger partial charge < -0.3 is 20.7 Å². The summed E-state index contributed by atoms with van der Waals surface area (Å²) in [7, 11) is 0. The van der Waals surface area contributed by atoms with E-state index >= 15 is 0 Å². The first kappa shape index (κ1) is 20.8. The van der Waals surface area contributed by atoms with E-state index in [0.717, 1.165) is 52.2 Å². The zero-order chi connectivity index (χ0) is 22.8. The minimum atomic E-state index is -0.600. The Balaban J connectivity index is 1.61. The molecule has 1 fully saturated rings. The third-order valence-electron chi connectivity index (χ3n) is 5.64. The Bertz CT molecular complexity index is 1300. The van der Waals surface area contributed by atoms with Gasteiger partial charge in [0.2, 0.25) is 0 Å². The SMILES string of the molecule is Cc1ccc(-c2ccc3c(N4CCOCC4)nc(-c4ccc(NC(N)=O)cc4)nc3c2)cn1. The third kappa shape index (κ3) is 4.47. The molecule has 2 aromatic carbocycles. The number of pyridine rings is 1. The molecular formula is C25H24N6O2. The van der Waals surface area contributed by atoms with Crippen LogP contribution in [0.5, 0.6) is 0 Å². The molecule has 3 N–H and O–H groups in total. The Hall–Kier alpha value is -4.04. The Kier molecular flexibility index (Phi) is 5.58. The van der Waals surface area contributed by atoms with Crippen molar-refractivity contribution in [2.75, 3.05) is 36.5 Å². The molecule has 2 aromatic heterocycles. The highest BCUT2D eigenvalue weighted by molar-refractivity contribution is 5.94. The highest BCUT2D eigenvalue weighted by Gasteiger charge is 2.18. The summed E-state index contributed by atoms with van der Waals surface area (Å²) in [6, 6.07) is 17.1. The highest BCUT2D eigenvalue weighted by Crippen LogP contribution is 2.31. The summed E-state index contributed by atoms with van der Waals surface area (Å²) in [4.78, 5) is 27.6. The van der Waals surface area contributed by atoms with Crippen molar-refractivity contribution in [3.8, 4) is 22.5 Å². The number of carbonyl (C=O) groups is 1. The van der Waals surface area contributed by atoms with Gasteiger partial charge in [0.1, 0.15) is 5.82 Å². The van der Waals surface area contributed by atoms with E-state index in [1.165, 1.54) is 0 Å². The van der Waals surface area contributed by atoms with Crippen LogP contribution in [-0.2, 0) is 4.74 Å². The fourth-order valence-corrected chi connectivity index (χ4v) is 3.92. The zero-order valence-electron chi connectivity index (χ0n) is 18.3. The number of ether oxygens (including phenoxy) is 1. The van der Waals surface area contributed by atoms with E-state index in [9.17, 15) is 4.79 Å². The topological polar surface area (TPSA) is 106 Å². The second-order valence-electron chi connectivity index (χ2n) is 7.96. The van der Waals surface area contributed by atoms with Crippen molar-refractivity contribution in [1.82, 2.24) is 15.0 Å². The number of fused-ring (bicyclic) bond motifs is 1. The Morgan fingerprint density at radius 1 is 0.970 bits per heavy atom. The van der Waals surface area contributed by atoms with E-state index in [-0.39, 0.29) is 0 Å². The van der Waals surface area contributed by atoms with Gasteiger partial charge >= 0.3 is 6.03 Å². The number of rotatable bonds is 4. The third-order valence-corrected chi connectivity index (χ3v) is 5.64. The van der Waals surface area contributed by atoms with Crippen molar-refractivity contribution in [2.24, 2.45) is 5.73 Å². The number of morpholine rings is 1. The van der Waals surface area contributed by atoms with Crippen LogP contribution in [0, 0.1) is 6.92 Å². The average Bonchev–Trinajstić information content (AvgIpc) is 2.84. The molecule has 0 radical (unpaired) electrons. The number of hydrogen-bond donors (Lipinski definition) is 2. The van der Waals surface area contributed by atoms with Gasteiger partial charge in [0.25, 0.3) is 0 Å². The number of primary amides is 1. The maximum atomic E-state index is 11.1. The fraction of sp³-hybridized carbons (Fsp3) is 0.200. The van der Waals surface area contributed by atoms with Crippen LogP contribution in [0.3, 0.4) is 0 Å². The first-order chi connectivity index (χ1) is 16.1. The van der Waals surface area contributed by atoms with Crippen LogP contribution in [-0.4, -0.2) is 47.3 Å². The van der Waals surface area contributed by atoms with Crippen LogP contribution in [0.2, 0.25) is 0 Å². The molecule has 33 heavy (non-hydrogen) atoms. The second-order valence-corrected chi connectivity index (χ2v) is 7.96. The first-order valence-electron chi connectivity index (χ1n) is 10.8. The van der Waals surface area contributed by atoms with Crippen molar-refractivity contribution in [2.45, 2.75) is 6.92 Å². The Labute approximate surface area is 191 Å². The molecule has 8 heteroatoms. The van der Waals surface area contributed by atoms with Crippen molar-refractivity contribution in [3.63, 3.8) is 0 Å². The second kappa shape index (κ2) is 8.84. The molecule has 5 rings (SSSR count). The zero-order valence-corrected chi connectivity index (χ0v) is 18.3. The van der Waals surface area contributed by atoms with Crippen molar-refractivity contribution >= 4 is 28.4 Å². The van der Waals surface area contributed by atoms with Crippen LogP contribution < -0.4 is 16.0 Å². The standard InChI is InChI=1S/C25H24N6O2/c1-16-2-3-19(15-27-16)18-6-9-21-22(14-18)29-23(30-24(21)31-10-12-33-13-11-31)17-4-7-20(8-5-17)28-25(26)32/h2-9,14-15H,10-13H2,1H3,(H3,26,28,32). The minimum Gasteiger partial charge on any atom is -0.378 e. The number of urea groups is 1. The molecule has 0 atom stereocenters. The van der Waals surface area contributed by atoms with E-state index in [0.29, 0.717) is 24.7 Å². The van der Waals surface area contributed by atoms with E-state index in [2.05, 4.69) is 39.5 Å². The van der Waals surface area contributed by atoms with E-state index in [4.69, 9.17) is 20.4 Å². The lowest BCUT2D eigenvalue weighted by Gasteiger charge is -2.29. The Morgan fingerprint density at radius 3 is 2.39 bits per heavy atom. The van der Waals surface area contributed by atoms with Crippen molar-refractivity contribution < 1.29 is 9.53 Å². The molecule has 1 saturated heterocycles. The predicted octanol–water partition coefficient (Wildman–Crippen LogP) is 3.99. The number of aromatic nitrogens is 3. The summed E-state index contributed by atoms with van der Waals surface area (Å²) in [6.45, 7) is 4.86. The number of nitrogens with one attached hydrogen (secondary N) is 1. The lowest BCUT2D eigenvalue weighted by atomic mass is 10.0. The van der Waals surface area contributed by atoms with E-state index in [1.807, 2.05) is 31.3 Å². The van der Waals surface area contributed by atoms with Crippen LogP contribution >= 0.6 is 0 Å². The summed E-state index contributed by atoms with van der Waals surface area (Å²) >= 11 is 0. The van der Waals surface area contributed by atoms with Gasteiger partial charge in [-0.2, -0.15) is 0 Å². The number of aryl methyl sites for hydroxylation is 1. The molecule has 0 saturated carbocycles. The summed E-state index contributed by atoms with van der Waals surface area (Å²) in [5.74, 6) is 1.51. The molecule has 0 spiro atoms. The number of amides is 2. The summed E-state index contributed by atoms with van der Waals surface area (Å²) in [6.07, 6.45) is 1.88. The van der Waals surface area contributed by atoms with E-state index < -0.39 is 6.03 Å². The number of anilines is 2. The normalized spacial score (nSPS) is 13.8. The molecular weight excluding hydrogens is 416 g/mol. The smallest absolute Gasteiger partial charge is 0.316 e. The monoisotopic (exact) mass is 440 g/mol. The minimum absolute atomic E-state index is 0.600. The molecule has 1 aliphatic rings. The average molecular weight is 441 g/mol. The summed E-state index contributed by atoms with van der Waals surface area (Å²) < 4.78 is 5.54. The van der Waals surface area contributed by atoms with Crippen LogP contribution in [0.1, 0.15) is 5.69 Å². The molecule has 0 bridgehead atoms. The molecule has 2 amide bonds. The number of nitrogens with two attached hydrogens (primary N) is 1. The van der Waals surface area contributed by atoms with Gasteiger partial charge in [-0.15, -0.1) is 0 Å². The van der Waals surface area contributed by atoms with Gasteiger partial charge in [-0.1, -0.05) is 12.1 Å². The van der Waals surface area contributed by atoms with Crippen molar-refractivity contribution in [1.29, 1.82) is 0 Å². The Morgan fingerprint density at radius 2 is 1.70 bits per heavy atom. The number of benzene rings is 2. The molecule has 8 nitrogen and oxygen atoms in total. The van der Waals surface area contributed by atoms with Gasteiger partial charge in [0.05, 0.1) is 18.7 Å². The summed E-state index contributed by atoms with van der Waals surface area (Å²) in [5.41, 5.74) is 10.6. The maximum Gasteiger partial charge on any atom is 0.316 e. The number of nitrogens with zero attached hydrogens (tertiary/aromatic N) is 4. The van der Waals surface area contributed by atoms with Crippen LogP contribution in [0.15, 0.2) is 60.8 Å². The molecule has 166 valence electrons. The quantitative estimate of drug-likeness (QED) is 0.497. The van der Waals surface area contributed by atoms with Crippen LogP contribution in [0.4, 0.5) is 16.3 Å². The highest BCUT2D eigenvalue weighted by atomic mass is 16.5. The maximum absolute atomic E-state index is 11.1. The fourth-order valence-electron chi connectivity index (χ4n) is 3.92. The van der Waals surface area contributed by atoms with Gasteiger partial charge in [0, 0.05) is 47.2 Å². The van der Waals surface area contributed by atoms with Gasteiger partial charge in [-0.25, -0.2) is 14.8 Å². The van der Waals surface area contributed by atoms with Crippen LogP contribution in [0.25, 0.3) is 33.4 Å².